The SMILES string of the molecule is CCN(CCC(N)(CCCCB(O)O)C(=O)O)Cc1ccccc1. The van der Waals surface area contributed by atoms with E-state index in [0.717, 1.165) is 13.1 Å². The van der Waals surface area contributed by atoms with Crippen molar-refractivity contribution < 1.29 is 19.9 Å². The zero-order chi connectivity index (χ0) is 18.0. The lowest BCUT2D eigenvalue weighted by Gasteiger charge is -2.29. The second-order valence-corrected chi connectivity index (χ2v) is 6.29. The first-order valence-electron chi connectivity index (χ1n) is 8.52. The van der Waals surface area contributed by atoms with E-state index in [1.165, 1.54) is 5.56 Å². The molecule has 0 amide bonds. The number of carboxylic acid groups (broad SMARTS) is 1. The van der Waals surface area contributed by atoms with Crippen LogP contribution in [-0.4, -0.2) is 51.8 Å². The molecule has 0 spiro atoms. The quantitative estimate of drug-likeness (QED) is 0.339. The molecule has 0 radical (unpaired) electrons. The molecule has 0 saturated carbocycles. The molecule has 0 bridgehead atoms. The minimum Gasteiger partial charge on any atom is -0.480 e. The van der Waals surface area contributed by atoms with Crippen molar-refractivity contribution in [2.45, 2.75) is 51.0 Å². The summed E-state index contributed by atoms with van der Waals surface area (Å²) in [4.78, 5) is 13.7. The smallest absolute Gasteiger partial charge is 0.451 e. The predicted octanol–water partition coefficient (Wildman–Crippen LogP) is 1.32. The number of hydrogen-bond acceptors (Lipinski definition) is 5. The number of nitrogens with zero attached hydrogens (tertiary/aromatic N) is 1. The van der Waals surface area contributed by atoms with Crippen LogP contribution in [0.25, 0.3) is 0 Å². The van der Waals surface area contributed by atoms with Crippen molar-refractivity contribution in [3.63, 3.8) is 0 Å². The molecule has 5 N–H and O–H groups in total. The van der Waals surface area contributed by atoms with Crippen LogP contribution in [0.1, 0.15) is 38.2 Å². The molecule has 0 heterocycles. The molecule has 24 heavy (non-hydrogen) atoms. The molecule has 7 heteroatoms. The number of hydrogen-bond donors (Lipinski definition) is 4. The van der Waals surface area contributed by atoms with Crippen molar-refractivity contribution in [1.29, 1.82) is 0 Å². The Kier molecular flexibility index (Phi) is 8.99. The third-order valence-corrected chi connectivity index (χ3v) is 4.33. The highest BCUT2D eigenvalue weighted by Crippen LogP contribution is 2.19. The minimum absolute atomic E-state index is 0.241. The molecular weight excluding hydrogens is 307 g/mol. The van der Waals surface area contributed by atoms with Crippen molar-refractivity contribution in [3.8, 4) is 0 Å². The van der Waals surface area contributed by atoms with Gasteiger partial charge in [0.2, 0.25) is 0 Å². The highest BCUT2D eigenvalue weighted by Gasteiger charge is 2.33. The van der Waals surface area contributed by atoms with Gasteiger partial charge in [0.25, 0.3) is 0 Å². The van der Waals surface area contributed by atoms with Gasteiger partial charge in [-0.1, -0.05) is 50.1 Å². The highest BCUT2D eigenvalue weighted by atomic mass is 16.4. The summed E-state index contributed by atoms with van der Waals surface area (Å²) in [6, 6.07) is 10.1. The highest BCUT2D eigenvalue weighted by molar-refractivity contribution is 6.40. The van der Waals surface area contributed by atoms with Gasteiger partial charge in [-0.05, 0) is 31.3 Å². The van der Waals surface area contributed by atoms with Crippen molar-refractivity contribution >= 4 is 13.1 Å². The first kappa shape index (κ1) is 20.6. The lowest BCUT2D eigenvalue weighted by Crippen LogP contribution is -2.50. The van der Waals surface area contributed by atoms with Crippen LogP contribution in [0.2, 0.25) is 6.32 Å². The average Bonchev–Trinajstić information content (AvgIpc) is 2.56. The maximum atomic E-state index is 11.6. The van der Waals surface area contributed by atoms with E-state index in [1.54, 1.807) is 0 Å². The summed E-state index contributed by atoms with van der Waals surface area (Å²) >= 11 is 0. The minimum atomic E-state index is -1.34. The summed E-state index contributed by atoms with van der Waals surface area (Å²) in [7, 11) is -1.34. The Labute approximate surface area is 144 Å². The van der Waals surface area contributed by atoms with Crippen LogP contribution >= 0.6 is 0 Å². The van der Waals surface area contributed by atoms with Gasteiger partial charge in [-0.2, -0.15) is 0 Å². The lowest BCUT2D eigenvalue weighted by atomic mass is 9.81. The number of rotatable bonds is 12. The topological polar surface area (TPSA) is 107 Å². The number of carboxylic acids is 1. The monoisotopic (exact) mass is 336 g/mol. The van der Waals surface area contributed by atoms with Gasteiger partial charge >= 0.3 is 13.1 Å². The van der Waals surface area contributed by atoms with Gasteiger partial charge < -0.3 is 20.9 Å². The zero-order valence-electron chi connectivity index (χ0n) is 14.4. The van der Waals surface area contributed by atoms with Crippen LogP contribution in [0, 0.1) is 0 Å². The molecule has 0 aliphatic rings. The van der Waals surface area contributed by atoms with Crippen molar-refractivity contribution in [3.05, 3.63) is 35.9 Å². The van der Waals surface area contributed by atoms with Crippen LogP contribution in [-0.2, 0) is 11.3 Å². The molecule has 0 aliphatic heterocycles. The molecule has 1 aromatic rings. The maximum Gasteiger partial charge on any atom is 0.451 e. The summed E-state index contributed by atoms with van der Waals surface area (Å²) in [5, 5.41) is 27.2. The van der Waals surface area contributed by atoms with E-state index in [-0.39, 0.29) is 6.32 Å². The molecule has 134 valence electrons. The van der Waals surface area contributed by atoms with Crippen LogP contribution in [0.5, 0.6) is 0 Å². The van der Waals surface area contributed by atoms with E-state index in [0.29, 0.717) is 32.2 Å². The summed E-state index contributed by atoms with van der Waals surface area (Å²) in [6.45, 7) is 4.24. The fourth-order valence-electron chi connectivity index (χ4n) is 2.65. The van der Waals surface area contributed by atoms with Crippen LogP contribution in [0.4, 0.5) is 0 Å². The van der Waals surface area contributed by atoms with Gasteiger partial charge in [0.05, 0.1) is 0 Å². The van der Waals surface area contributed by atoms with E-state index < -0.39 is 18.6 Å². The molecule has 0 saturated heterocycles. The molecule has 0 aliphatic carbocycles. The lowest BCUT2D eigenvalue weighted by molar-refractivity contribution is -0.144. The van der Waals surface area contributed by atoms with E-state index in [2.05, 4.69) is 17.0 Å². The normalized spacial score (nSPS) is 13.7. The predicted molar refractivity (Wildman–Crippen MR) is 95.4 cm³/mol. The van der Waals surface area contributed by atoms with E-state index in [4.69, 9.17) is 15.8 Å². The third-order valence-electron chi connectivity index (χ3n) is 4.33. The molecule has 1 aromatic carbocycles. The summed E-state index contributed by atoms with van der Waals surface area (Å²) < 4.78 is 0. The standard InChI is InChI=1S/C17H29BN2O4/c1-2-20(14-15-8-4-3-5-9-15)13-11-17(19,16(21)22)10-6-7-12-18(23)24/h3-5,8-9,23-24H,2,6-7,10-14,19H2,1H3,(H,21,22). The number of aliphatic carboxylic acids is 1. The fourth-order valence-corrected chi connectivity index (χ4v) is 2.65. The Morgan fingerprint density at radius 2 is 1.88 bits per heavy atom. The molecule has 0 fully saturated rings. The molecule has 1 atom stereocenters. The number of benzene rings is 1. The number of unbranched alkanes of at least 4 members (excludes halogenated alkanes) is 1. The molecule has 6 nitrogen and oxygen atoms in total. The molecule has 1 unspecified atom stereocenters. The number of nitrogens with two attached hydrogens (primary N) is 1. The largest absolute Gasteiger partial charge is 0.480 e. The number of carbonyl (C=O) groups is 1. The van der Waals surface area contributed by atoms with E-state index in [1.807, 2.05) is 25.1 Å². The Hall–Kier alpha value is -1.41. The van der Waals surface area contributed by atoms with Gasteiger partial charge in [0.1, 0.15) is 5.54 Å². The van der Waals surface area contributed by atoms with Gasteiger partial charge in [0, 0.05) is 13.1 Å². The van der Waals surface area contributed by atoms with Crippen molar-refractivity contribution in [1.82, 2.24) is 4.90 Å². The van der Waals surface area contributed by atoms with E-state index in [9.17, 15) is 9.90 Å². The Morgan fingerprint density at radius 3 is 2.42 bits per heavy atom. The van der Waals surface area contributed by atoms with Gasteiger partial charge in [-0.3, -0.25) is 9.69 Å². The Morgan fingerprint density at radius 1 is 1.21 bits per heavy atom. The van der Waals surface area contributed by atoms with Crippen molar-refractivity contribution in [2.24, 2.45) is 5.73 Å². The maximum absolute atomic E-state index is 11.6. The van der Waals surface area contributed by atoms with Gasteiger partial charge in [0.15, 0.2) is 0 Å². The van der Waals surface area contributed by atoms with Gasteiger partial charge in [-0.25, -0.2) is 0 Å². The summed E-state index contributed by atoms with van der Waals surface area (Å²) in [5.74, 6) is -0.997. The van der Waals surface area contributed by atoms with Crippen LogP contribution < -0.4 is 5.73 Å². The van der Waals surface area contributed by atoms with Crippen LogP contribution in [0.3, 0.4) is 0 Å². The molecular formula is C17H29BN2O4. The zero-order valence-corrected chi connectivity index (χ0v) is 14.4. The summed E-state index contributed by atoms with van der Waals surface area (Å²) in [5.41, 5.74) is 6.02. The van der Waals surface area contributed by atoms with Crippen LogP contribution in [0.15, 0.2) is 30.3 Å². The first-order chi connectivity index (χ1) is 11.4. The fraction of sp³-hybridized carbons (Fsp3) is 0.588. The second-order valence-electron chi connectivity index (χ2n) is 6.29. The third kappa shape index (κ3) is 7.44. The van der Waals surface area contributed by atoms with Crippen molar-refractivity contribution in [2.75, 3.05) is 13.1 Å². The summed E-state index contributed by atoms with van der Waals surface area (Å²) in [6.07, 6.45) is 2.05. The molecule has 0 aromatic heterocycles. The Bertz CT molecular complexity index is 487. The Balaban J connectivity index is 2.52. The second kappa shape index (κ2) is 10.5. The first-order valence-corrected chi connectivity index (χ1v) is 8.52. The average molecular weight is 336 g/mol. The van der Waals surface area contributed by atoms with Gasteiger partial charge in [-0.15, -0.1) is 0 Å². The van der Waals surface area contributed by atoms with E-state index >= 15 is 0 Å². The molecule has 1 rings (SSSR count).